The molecule has 5 rings (SSSR count). The van der Waals surface area contributed by atoms with Crippen LogP contribution in [0.15, 0.2) is 103 Å². The van der Waals surface area contributed by atoms with Crippen molar-refractivity contribution >= 4 is 22.8 Å². The van der Waals surface area contributed by atoms with E-state index < -0.39 is 5.97 Å². The summed E-state index contributed by atoms with van der Waals surface area (Å²) in [6.07, 6.45) is 1.86. The van der Waals surface area contributed by atoms with E-state index in [1.807, 2.05) is 79.0 Å². The maximum atomic E-state index is 12.2. The zero-order chi connectivity index (χ0) is 24.9. The van der Waals surface area contributed by atoms with Gasteiger partial charge in [-0.15, -0.1) is 0 Å². The lowest BCUT2D eigenvalue weighted by molar-refractivity contribution is 0.0697. The number of benzene rings is 4. The Morgan fingerprint density at radius 3 is 2.42 bits per heavy atom. The third kappa shape index (κ3) is 4.89. The molecule has 0 atom stereocenters. The molecule has 5 aromatic rings. The quantitative estimate of drug-likeness (QED) is 0.281. The van der Waals surface area contributed by atoms with Crippen LogP contribution >= 0.6 is 0 Å². The van der Waals surface area contributed by atoms with Crippen LogP contribution in [0.1, 0.15) is 37.4 Å². The number of carbonyl (C=O) groups excluding carboxylic acids is 1. The molecule has 1 amide bonds. The van der Waals surface area contributed by atoms with Gasteiger partial charge in [-0.25, -0.2) is 4.79 Å². The summed E-state index contributed by atoms with van der Waals surface area (Å²) >= 11 is 0. The molecule has 0 bridgehead atoms. The van der Waals surface area contributed by atoms with Crippen LogP contribution in [0, 0.1) is 11.8 Å². The summed E-state index contributed by atoms with van der Waals surface area (Å²) in [7, 11) is 0. The highest BCUT2D eigenvalue weighted by atomic mass is 16.4. The molecule has 0 aliphatic heterocycles. The second-order valence-electron chi connectivity index (χ2n) is 8.31. The zero-order valence-corrected chi connectivity index (χ0v) is 19.3. The van der Waals surface area contributed by atoms with E-state index in [0.717, 1.165) is 27.6 Å². The second-order valence-corrected chi connectivity index (χ2v) is 8.31. The van der Waals surface area contributed by atoms with Gasteiger partial charge in [0.25, 0.3) is 5.91 Å². The minimum Gasteiger partial charge on any atom is -0.478 e. The van der Waals surface area contributed by atoms with Gasteiger partial charge in [0.05, 0.1) is 5.56 Å². The summed E-state index contributed by atoms with van der Waals surface area (Å²) in [5.41, 5.74) is 5.52. The zero-order valence-electron chi connectivity index (χ0n) is 19.3. The van der Waals surface area contributed by atoms with Gasteiger partial charge < -0.3 is 15.4 Å². The second kappa shape index (κ2) is 10.0. The summed E-state index contributed by atoms with van der Waals surface area (Å²) in [4.78, 5) is 27.4. The van der Waals surface area contributed by atoms with E-state index in [1.54, 1.807) is 24.3 Å². The number of amides is 1. The summed E-state index contributed by atoms with van der Waals surface area (Å²) in [5, 5.41) is 13.8. The number of carboxylic acids is 1. The van der Waals surface area contributed by atoms with Crippen LogP contribution in [0.3, 0.4) is 0 Å². The average Bonchev–Trinajstić information content (AvgIpc) is 3.39. The Hall–Kier alpha value is -5.08. The molecule has 1 aromatic heterocycles. The molecule has 5 nitrogen and oxygen atoms in total. The Morgan fingerprint density at radius 1 is 0.833 bits per heavy atom. The van der Waals surface area contributed by atoms with Crippen molar-refractivity contribution in [1.82, 2.24) is 10.3 Å². The van der Waals surface area contributed by atoms with Gasteiger partial charge in [-0.2, -0.15) is 0 Å². The highest BCUT2D eigenvalue weighted by molar-refractivity contribution is 5.99. The molecule has 3 N–H and O–H groups in total. The minimum atomic E-state index is -0.998. The molecule has 0 unspecified atom stereocenters. The van der Waals surface area contributed by atoms with Gasteiger partial charge in [-0.1, -0.05) is 60.4 Å². The van der Waals surface area contributed by atoms with Gasteiger partial charge >= 0.3 is 5.97 Å². The molecule has 0 aliphatic rings. The number of fused-ring (bicyclic) bond motifs is 1. The van der Waals surface area contributed by atoms with Crippen LogP contribution in [-0.4, -0.2) is 22.0 Å². The number of rotatable bonds is 5. The van der Waals surface area contributed by atoms with Gasteiger partial charge in [0.1, 0.15) is 0 Å². The smallest absolute Gasteiger partial charge is 0.336 e. The highest BCUT2D eigenvalue weighted by Crippen LogP contribution is 2.30. The van der Waals surface area contributed by atoms with Gasteiger partial charge in [0, 0.05) is 40.5 Å². The largest absolute Gasteiger partial charge is 0.478 e. The lowest BCUT2D eigenvalue weighted by Crippen LogP contribution is -2.22. The van der Waals surface area contributed by atoms with E-state index >= 15 is 0 Å². The number of aromatic nitrogens is 1. The number of hydrogen-bond acceptors (Lipinski definition) is 2. The third-order valence-corrected chi connectivity index (χ3v) is 5.92. The van der Waals surface area contributed by atoms with E-state index in [-0.39, 0.29) is 11.5 Å². The summed E-state index contributed by atoms with van der Waals surface area (Å²) in [6.45, 7) is 0.410. The Balaban J connectivity index is 1.39. The number of H-pyrrole nitrogens is 1. The van der Waals surface area contributed by atoms with Gasteiger partial charge in [-0.3, -0.25) is 4.79 Å². The molecule has 0 spiro atoms. The number of aromatic amines is 1. The molecular formula is C31H22N2O3. The van der Waals surface area contributed by atoms with Crippen LogP contribution < -0.4 is 5.32 Å². The summed E-state index contributed by atoms with van der Waals surface area (Å²) < 4.78 is 0. The van der Waals surface area contributed by atoms with Crippen molar-refractivity contribution in [3.63, 3.8) is 0 Å². The van der Waals surface area contributed by atoms with Crippen molar-refractivity contribution < 1.29 is 14.7 Å². The lowest BCUT2D eigenvalue weighted by atomic mass is 9.93. The van der Waals surface area contributed by atoms with Crippen LogP contribution in [0.4, 0.5) is 0 Å². The number of nitrogens with one attached hydrogen (secondary N) is 2. The van der Waals surface area contributed by atoms with Crippen molar-refractivity contribution in [3.8, 4) is 23.0 Å². The molecule has 0 aliphatic carbocycles. The van der Waals surface area contributed by atoms with Crippen molar-refractivity contribution in [3.05, 3.63) is 131 Å². The molecular weight excluding hydrogens is 448 g/mol. The molecule has 4 aromatic carbocycles. The first-order valence-electron chi connectivity index (χ1n) is 11.5. The predicted molar refractivity (Wildman–Crippen MR) is 141 cm³/mol. The van der Waals surface area contributed by atoms with Gasteiger partial charge in [0.2, 0.25) is 0 Å². The molecule has 5 heteroatoms. The van der Waals surface area contributed by atoms with Crippen LogP contribution in [0.25, 0.3) is 22.0 Å². The standard InChI is InChI=1S/C31H22N2O3/c34-30(25-5-2-1-3-6-25)33-20-22-11-9-21(10-12-22)13-14-24-7-4-8-27(31(35)36)29(24)26-16-15-23-17-18-32-28(23)19-26/h1-12,15-19,32H,20H2,(H,33,34)(H,35,36). The van der Waals surface area contributed by atoms with Crippen LogP contribution in [0.2, 0.25) is 0 Å². The van der Waals surface area contributed by atoms with Crippen molar-refractivity contribution in [1.29, 1.82) is 0 Å². The van der Waals surface area contributed by atoms with Crippen molar-refractivity contribution in [2.24, 2.45) is 0 Å². The van der Waals surface area contributed by atoms with E-state index in [1.165, 1.54) is 0 Å². The van der Waals surface area contributed by atoms with Gasteiger partial charge in [-0.05, 0) is 65.0 Å². The van der Waals surface area contributed by atoms with E-state index in [4.69, 9.17) is 0 Å². The average molecular weight is 471 g/mol. The number of hydrogen-bond donors (Lipinski definition) is 3. The number of carbonyl (C=O) groups is 2. The fourth-order valence-corrected chi connectivity index (χ4v) is 4.07. The summed E-state index contributed by atoms with van der Waals surface area (Å²) in [5.74, 6) is 5.19. The Kier molecular flexibility index (Phi) is 6.33. The fraction of sp³-hybridized carbons (Fsp3) is 0.0323. The molecule has 36 heavy (non-hydrogen) atoms. The van der Waals surface area contributed by atoms with Crippen LogP contribution in [-0.2, 0) is 6.54 Å². The number of carboxylic acid groups (broad SMARTS) is 1. The predicted octanol–water partition coefficient (Wildman–Crippen LogP) is 5.86. The topological polar surface area (TPSA) is 82.2 Å². The highest BCUT2D eigenvalue weighted by Gasteiger charge is 2.15. The fourth-order valence-electron chi connectivity index (χ4n) is 4.07. The first-order chi connectivity index (χ1) is 17.6. The molecule has 0 radical (unpaired) electrons. The van der Waals surface area contributed by atoms with E-state index in [2.05, 4.69) is 22.1 Å². The number of aromatic carboxylic acids is 1. The normalized spacial score (nSPS) is 10.4. The molecule has 0 saturated carbocycles. The van der Waals surface area contributed by atoms with Gasteiger partial charge in [0.15, 0.2) is 0 Å². The molecule has 0 saturated heterocycles. The first kappa shape index (κ1) is 22.7. The molecule has 0 fully saturated rings. The van der Waals surface area contributed by atoms with Crippen LogP contribution in [0.5, 0.6) is 0 Å². The van der Waals surface area contributed by atoms with E-state index in [9.17, 15) is 14.7 Å². The Bertz CT molecular complexity index is 1620. The third-order valence-electron chi connectivity index (χ3n) is 5.92. The maximum absolute atomic E-state index is 12.2. The minimum absolute atomic E-state index is 0.122. The van der Waals surface area contributed by atoms with E-state index in [0.29, 0.717) is 23.2 Å². The molecule has 174 valence electrons. The molecule has 1 heterocycles. The summed E-state index contributed by atoms with van der Waals surface area (Å²) in [6, 6.07) is 29.7. The first-order valence-corrected chi connectivity index (χ1v) is 11.5. The van der Waals surface area contributed by atoms with Crippen molar-refractivity contribution in [2.45, 2.75) is 6.54 Å². The SMILES string of the molecule is O=C(NCc1ccc(C#Cc2cccc(C(=O)O)c2-c2ccc3cc[nH]c3c2)cc1)c1ccccc1. The monoisotopic (exact) mass is 470 g/mol. The van der Waals surface area contributed by atoms with Crippen molar-refractivity contribution in [2.75, 3.05) is 0 Å². The Labute approximate surface area is 208 Å². The maximum Gasteiger partial charge on any atom is 0.336 e. The Morgan fingerprint density at radius 2 is 1.64 bits per heavy atom. The lowest BCUT2D eigenvalue weighted by Gasteiger charge is -2.10.